The highest BCUT2D eigenvalue weighted by atomic mass is 35.5. The van der Waals surface area contributed by atoms with E-state index >= 15 is 0 Å². The molecule has 1 aliphatic heterocycles. The largest absolute Gasteiger partial charge is 0.598 e. The fourth-order valence-corrected chi connectivity index (χ4v) is 7.59. The third-order valence-electron chi connectivity index (χ3n) is 7.50. The van der Waals surface area contributed by atoms with Gasteiger partial charge in [-0.2, -0.15) is 0 Å². The number of nitrogens with zero attached hydrogens (tertiary/aromatic N) is 5. The number of nitrogens with two attached hydrogens (primary N) is 1. The number of nitrogens with one attached hydrogen (secondary N) is 1. The van der Waals surface area contributed by atoms with Gasteiger partial charge in [0.2, 0.25) is 5.95 Å². The second-order valence-corrected chi connectivity index (χ2v) is 14.3. The average Bonchev–Trinajstić information content (AvgIpc) is 3.46. The summed E-state index contributed by atoms with van der Waals surface area (Å²) in [5.74, 6) is 1.23. The van der Waals surface area contributed by atoms with Gasteiger partial charge in [-0.25, -0.2) is 15.0 Å². The number of nitrogen functional groups attached to an aromatic ring is 1. The number of hydrogen-bond acceptors (Lipinski definition) is 8. The SMILES string of the molecule is Cc1nc(N2CCC3(CCC[C@H]3N[S+]([O-])C(C)(C)C)CC2)n2ccnc2c1Sc1ccnc(N)c1Cl. The number of rotatable bonds is 5. The van der Waals surface area contributed by atoms with Gasteiger partial charge in [-0.3, -0.25) is 4.40 Å². The topological polar surface area (TPSA) is 107 Å². The van der Waals surface area contributed by atoms with E-state index in [1.807, 2.05) is 46.2 Å². The molecule has 36 heavy (non-hydrogen) atoms. The zero-order valence-corrected chi connectivity index (χ0v) is 23.6. The average molecular weight is 548 g/mol. The molecule has 0 amide bonds. The van der Waals surface area contributed by atoms with Crippen LogP contribution < -0.4 is 15.4 Å². The molecule has 2 fully saturated rings. The van der Waals surface area contributed by atoms with Crippen molar-refractivity contribution in [2.75, 3.05) is 23.7 Å². The van der Waals surface area contributed by atoms with E-state index in [9.17, 15) is 4.55 Å². The molecule has 8 nitrogen and oxygen atoms in total. The van der Waals surface area contributed by atoms with Gasteiger partial charge in [-0.15, -0.1) is 4.72 Å². The second kappa shape index (κ2) is 9.87. The lowest BCUT2D eigenvalue weighted by molar-refractivity contribution is 0.186. The zero-order valence-electron chi connectivity index (χ0n) is 21.3. The Morgan fingerprint density at radius 3 is 2.69 bits per heavy atom. The molecular formula is C25H34ClN7OS2. The van der Waals surface area contributed by atoms with Crippen LogP contribution in [-0.4, -0.2) is 47.8 Å². The van der Waals surface area contributed by atoms with Crippen LogP contribution in [0.3, 0.4) is 0 Å². The summed E-state index contributed by atoms with van der Waals surface area (Å²) >= 11 is 6.88. The van der Waals surface area contributed by atoms with Gasteiger partial charge in [-0.1, -0.05) is 29.8 Å². The molecule has 2 atom stereocenters. The molecule has 1 aliphatic carbocycles. The highest BCUT2D eigenvalue weighted by molar-refractivity contribution is 7.99. The van der Waals surface area contributed by atoms with Crippen molar-refractivity contribution < 1.29 is 4.55 Å². The van der Waals surface area contributed by atoms with E-state index in [1.54, 1.807) is 6.20 Å². The summed E-state index contributed by atoms with van der Waals surface area (Å²) < 4.78 is 18.2. The predicted octanol–water partition coefficient (Wildman–Crippen LogP) is 5.01. The van der Waals surface area contributed by atoms with Gasteiger partial charge >= 0.3 is 0 Å². The monoisotopic (exact) mass is 547 g/mol. The first-order valence-electron chi connectivity index (χ1n) is 12.4. The van der Waals surface area contributed by atoms with Gasteiger partial charge in [0.25, 0.3) is 0 Å². The van der Waals surface area contributed by atoms with Gasteiger partial charge in [0.15, 0.2) is 5.65 Å². The molecule has 1 saturated carbocycles. The van der Waals surface area contributed by atoms with Crippen LogP contribution in [0.5, 0.6) is 0 Å². The van der Waals surface area contributed by atoms with Crippen LogP contribution in [0.1, 0.15) is 58.6 Å². The number of fused-ring (bicyclic) bond motifs is 1. The Morgan fingerprint density at radius 2 is 1.97 bits per heavy atom. The minimum absolute atomic E-state index is 0.203. The minimum atomic E-state index is -1.05. The normalized spacial score (nSPS) is 20.9. The van der Waals surface area contributed by atoms with Crippen molar-refractivity contribution in [1.29, 1.82) is 0 Å². The smallest absolute Gasteiger partial charge is 0.211 e. The van der Waals surface area contributed by atoms with Crippen molar-refractivity contribution in [3.05, 3.63) is 35.4 Å². The first-order chi connectivity index (χ1) is 17.1. The number of piperidine rings is 1. The molecule has 0 bridgehead atoms. The number of hydrogen-bond donors (Lipinski definition) is 2. The molecule has 1 spiro atoms. The Labute approximate surface area is 225 Å². The van der Waals surface area contributed by atoms with E-state index in [-0.39, 0.29) is 10.2 Å². The summed E-state index contributed by atoms with van der Waals surface area (Å²) in [4.78, 5) is 17.9. The van der Waals surface area contributed by atoms with Crippen molar-refractivity contribution >= 4 is 52.1 Å². The van der Waals surface area contributed by atoms with Crippen molar-refractivity contribution in [2.45, 2.75) is 80.4 Å². The van der Waals surface area contributed by atoms with E-state index in [4.69, 9.17) is 22.3 Å². The standard InChI is InChI=1S/C25H34ClN7OS2/c1-16-20(35-17-7-11-28-21(27)19(17)26)22-29-12-15-33(22)23(30-16)32-13-9-25(10-14-32)8-5-6-18(25)31-36(34)24(2,3)4/h7,11-12,15,18,31H,5-6,8-10,13-14H2,1-4H3,(H2,27,28)/t18-,36?/m1/s1. The van der Waals surface area contributed by atoms with Crippen LogP contribution in [0.2, 0.25) is 5.02 Å². The lowest BCUT2D eigenvalue weighted by Crippen LogP contribution is -2.53. The van der Waals surface area contributed by atoms with E-state index in [2.05, 4.69) is 24.0 Å². The van der Waals surface area contributed by atoms with E-state index in [1.165, 1.54) is 24.6 Å². The quantitative estimate of drug-likeness (QED) is 0.429. The van der Waals surface area contributed by atoms with Gasteiger partial charge in [0.05, 0.1) is 21.7 Å². The van der Waals surface area contributed by atoms with Crippen molar-refractivity contribution in [3.8, 4) is 0 Å². The molecule has 3 N–H and O–H groups in total. The molecule has 1 unspecified atom stereocenters. The lowest BCUT2D eigenvalue weighted by Gasteiger charge is -2.44. The molecule has 3 aromatic heterocycles. The molecule has 1 saturated heterocycles. The molecule has 0 radical (unpaired) electrons. The number of aromatic nitrogens is 4. The lowest BCUT2D eigenvalue weighted by atomic mass is 9.74. The van der Waals surface area contributed by atoms with Gasteiger partial charge < -0.3 is 15.2 Å². The van der Waals surface area contributed by atoms with E-state index < -0.39 is 11.4 Å². The summed E-state index contributed by atoms with van der Waals surface area (Å²) in [6, 6.07) is 2.16. The Morgan fingerprint density at radius 1 is 1.22 bits per heavy atom. The Bertz CT molecular complexity index is 1250. The fourth-order valence-electron chi connectivity index (χ4n) is 5.40. The summed E-state index contributed by atoms with van der Waals surface area (Å²) in [6.07, 6.45) is 11.1. The zero-order chi connectivity index (χ0) is 25.7. The molecule has 0 aromatic carbocycles. The molecule has 5 rings (SSSR count). The Kier molecular flexibility index (Phi) is 7.10. The highest BCUT2D eigenvalue weighted by Crippen LogP contribution is 2.48. The third-order valence-corrected chi connectivity index (χ3v) is 10.9. The first kappa shape index (κ1) is 25.9. The van der Waals surface area contributed by atoms with Gasteiger partial charge in [0, 0.05) is 47.9 Å². The van der Waals surface area contributed by atoms with Gasteiger partial charge in [0.1, 0.15) is 10.6 Å². The van der Waals surface area contributed by atoms with Crippen molar-refractivity contribution in [2.24, 2.45) is 5.41 Å². The van der Waals surface area contributed by atoms with E-state index in [0.717, 1.165) is 59.4 Å². The second-order valence-electron chi connectivity index (χ2n) is 10.9. The summed E-state index contributed by atoms with van der Waals surface area (Å²) in [5, 5.41) is 0.448. The number of aryl methyl sites for hydroxylation is 1. The van der Waals surface area contributed by atoms with Crippen molar-refractivity contribution in [3.63, 3.8) is 0 Å². The molecule has 3 aromatic rings. The van der Waals surface area contributed by atoms with Crippen LogP contribution in [0.25, 0.3) is 5.65 Å². The van der Waals surface area contributed by atoms with E-state index in [0.29, 0.717) is 16.9 Å². The molecule has 11 heteroatoms. The van der Waals surface area contributed by atoms with Gasteiger partial charge in [-0.05, 0) is 64.9 Å². The molecule has 4 heterocycles. The minimum Gasteiger partial charge on any atom is -0.598 e. The number of anilines is 2. The molecule has 194 valence electrons. The molecular weight excluding hydrogens is 514 g/mol. The Balaban J connectivity index is 1.37. The maximum Gasteiger partial charge on any atom is 0.211 e. The Hall–Kier alpha value is -1.72. The maximum absolute atomic E-state index is 12.8. The predicted molar refractivity (Wildman–Crippen MR) is 148 cm³/mol. The number of pyridine rings is 1. The summed E-state index contributed by atoms with van der Waals surface area (Å²) in [6.45, 7) is 9.94. The van der Waals surface area contributed by atoms with Crippen LogP contribution in [-0.2, 0) is 11.4 Å². The number of imidazole rings is 1. The third kappa shape index (κ3) is 4.78. The maximum atomic E-state index is 12.8. The fraction of sp³-hybridized carbons (Fsp3) is 0.560. The summed E-state index contributed by atoms with van der Waals surface area (Å²) in [7, 11) is 0. The highest BCUT2D eigenvalue weighted by Gasteiger charge is 2.48. The van der Waals surface area contributed by atoms with Crippen LogP contribution in [0, 0.1) is 12.3 Å². The number of halogens is 1. The van der Waals surface area contributed by atoms with Crippen LogP contribution >= 0.6 is 23.4 Å². The molecule has 2 aliphatic rings. The van der Waals surface area contributed by atoms with Crippen LogP contribution in [0.15, 0.2) is 34.4 Å². The summed E-state index contributed by atoms with van der Waals surface area (Å²) in [5.41, 5.74) is 7.88. The van der Waals surface area contributed by atoms with Crippen LogP contribution in [0.4, 0.5) is 11.8 Å². The first-order valence-corrected chi connectivity index (χ1v) is 14.8. The van der Waals surface area contributed by atoms with Crippen molar-refractivity contribution in [1.82, 2.24) is 24.1 Å².